The SMILES string of the molecule is CCC(CC)C(C)NCc1cnn(CCO)c1. The van der Waals surface area contributed by atoms with E-state index in [9.17, 15) is 0 Å². The van der Waals surface area contributed by atoms with Crippen molar-refractivity contribution in [3.63, 3.8) is 0 Å². The molecule has 0 aliphatic rings. The van der Waals surface area contributed by atoms with Gasteiger partial charge in [0.05, 0.1) is 19.3 Å². The first kappa shape index (κ1) is 14.2. The van der Waals surface area contributed by atoms with Crippen molar-refractivity contribution < 1.29 is 5.11 Å². The van der Waals surface area contributed by atoms with Crippen LogP contribution in [0.2, 0.25) is 0 Å². The van der Waals surface area contributed by atoms with Crippen LogP contribution in [0.5, 0.6) is 0 Å². The van der Waals surface area contributed by atoms with Gasteiger partial charge in [0, 0.05) is 24.3 Å². The predicted octanol–water partition coefficient (Wildman–Crippen LogP) is 1.79. The van der Waals surface area contributed by atoms with Crippen LogP contribution in [0.3, 0.4) is 0 Å². The molecule has 98 valence electrons. The van der Waals surface area contributed by atoms with E-state index in [4.69, 9.17) is 5.11 Å². The van der Waals surface area contributed by atoms with Crippen molar-refractivity contribution in [1.29, 1.82) is 0 Å². The molecule has 0 fully saturated rings. The normalized spacial score (nSPS) is 13.2. The Bertz CT molecular complexity index is 307. The molecule has 1 heterocycles. The lowest BCUT2D eigenvalue weighted by atomic mass is 9.95. The van der Waals surface area contributed by atoms with Crippen molar-refractivity contribution in [1.82, 2.24) is 15.1 Å². The molecule has 0 bridgehead atoms. The number of aliphatic hydroxyl groups is 1. The Morgan fingerprint density at radius 3 is 2.71 bits per heavy atom. The third-order valence-corrected chi connectivity index (χ3v) is 3.40. The van der Waals surface area contributed by atoms with Gasteiger partial charge in [-0.15, -0.1) is 0 Å². The maximum absolute atomic E-state index is 8.81. The van der Waals surface area contributed by atoms with Gasteiger partial charge in [-0.25, -0.2) is 0 Å². The first-order valence-electron chi connectivity index (χ1n) is 6.56. The molecule has 1 atom stereocenters. The second-order valence-electron chi connectivity index (χ2n) is 4.58. The van der Waals surface area contributed by atoms with Gasteiger partial charge < -0.3 is 10.4 Å². The first-order valence-corrected chi connectivity index (χ1v) is 6.56. The van der Waals surface area contributed by atoms with Crippen LogP contribution in [-0.4, -0.2) is 27.5 Å². The minimum Gasteiger partial charge on any atom is -0.394 e. The quantitative estimate of drug-likeness (QED) is 0.727. The van der Waals surface area contributed by atoms with Gasteiger partial charge in [0.15, 0.2) is 0 Å². The zero-order chi connectivity index (χ0) is 12.7. The van der Waals surface area contributed by atoms with E-state index in [1.807, 2.05) is 12.4 Å². The number of rotatable bonds is 8. The number of nitrogens with one attached hydrogen (secondary N) is 1. The van der Waals surface area contributed by atoms with Crippen LogP contribution in [-0.2, 0) is 13.1 Å². The second kappa shape index (κ2) is 7.45. The van der Waals surface area contributed by atoms with E-state index in [0.29, 0.717) is 12.6 Å². The van der Waals surface area contributed by atoms with Gasteiger partial charge in [0.1, 0.15) is 0 Å². The Labute approximate surface area is 104 Å². The topological polar surface area (TPSA) is 50.1 Å². The summed E-state index contributed by atoms with van der Waals surface area (Å²) in [5.41, 5.74) is 1.18. The van der Waals surface area contributed by atoms with Gasteiger partial charge in [0.2, 0.25) is 0 Å². The van der Waals surface area contributed by atoms with Gasteiger partial charge in [-0.05, 0) is 12.8 Å². The van der Waals surface area contributed by atoms with Crippen LogP contribution in [0.1, 0.15) is 39.2 Å². The van der Waals surface area contributed by atoms with Crippen molar-refractivity contribution in [3.05, 3.63) is 18.0 Å². The van der Waals surface area contributed by atoms with Crippen LogP contribution in [0.25, 0.3) is 0 Å². The summed E-state index contributed by atoms with van der Waals surface area (Å²) in [6.45, 7) is 8.29. The molecule has 0 aliphatic carbocycles. The fraction of sp³-hybridized carbons (Fsp3) is 0.769. The average molecular weight is 239 g/mol. The number of aromatic nitrogens is 2. The van der Waals surface area contributed by atoms with E-state index in [1.165, 1.54) is 18.4 Å². The van der Waals surface area contributed by atoms with Crippen molar-refractivity contribution in [2.24, 2.45) is 5.92 Å². The molecule has 0 amide bonds. The third kappa shape index (κ3) is 4.48. The summed E-state index contributed by atoms with van der Waals surface area (Å²) in [4.78, 5) is 0. The summed E-state index contributed by atoms with van der Waals surface area (Å²) in [5.74, 6) is 0.738. The Hall–Kier alpha value is -0.870. The van der Waals surface area contributed by atoms with Crippen molar-refractivity contribution in [2.45, 2.75) is 52.7 Å². The maximum atomic E-state index is 8.81. The molecule has 0 saturated heterocycles. The standard InChI is InChI=1S/C13H25N3O/c1-4-13(5-2)11(3)14-8-12-9-15-16(10-12)6-7-17/h9-11,13-14,17H,4-8H2,1-3H3. The Balaban J connectivity index is 2.38. The van der Waals surface area contributed by atoms with Crippen LogP contribution in [0, 0.1) is 5.92 Å². The molecule has 0 radical (unpaired) electrons. The Kier molecular flexibility index (Phi) is 6.22. The first-order chi connectivity index (χ1) is 8.21. The summed E-state index contributed by atoms with van der Waals surface area (Å²) in [5, 5.41) is 16.5. The van der Waals surface area contributed by atoms with Crippen LogP contribution in [0.4, 0.5) is 0 Å². The average Bonchev–Trinajstić information content (AvgIpc) is 2.76. The predicted molar refractivity (Wildman–Crippen MR) is 69.7 cm³/mol. The van der Waals surface area contributed by atoms with Crippen LogP contribution >= 0.6 is 0 Å². The molecule has 0 spiro atoms. The minimum atomic E-state index is 0.138. The van der Waals surface area contributed by atoms with Gasteiger partial charge in [-0.3, -0.25) is 4.68 Å². The smallest absolute Gasteiger partial charge is 0.0640 e. The summed E-state index contributed by atoms with van der Waals surface area (Å²) in [7, 11) is 0. The third-order valence-electron chi connectivity index (χ3n) is 3.40. The summed E-state index contributed by atoms with van der Waals surface area (Å²) < 4.78 is 1.78. The maximum Gasteiger partial charge on any atom is 0.0640 e. The highest BCUT2D eigenvalue weighted by atomic mass is 16.3. The van der Waals surface area contributed by atoms with Crippen molar-refractivity contribution >= 4 is 0 Å². The fourth-order valence-electron chi connectivity index (χ4n) is 2.16. The largest absolute Gasteiger partial charge is 0.394 e. The molecular weight excluding hydrogens is 214 g/mol. The summed E-state index contributed by atoms with van der Waals surface area (Å²) in [6.07, 6.45) is 6.29. The lowest BCUT2D eigenvalue weighted by Crippen LogP contribution is -2.32. The van der Waals surface area contributed by atoms with E-state index in [1.54, 1.807) is 4.68 Å². The van der Waals surface area contributed by atoms with Crippen LogP contribution in [0.15, 0.2) is 12.4 Å². The number of nitrogens with zero attached hydrogens (tertiary/aromatic N) is 2. The molecular formula is C13H25N3O. The Morgan fingerprint density at radius 1 is 1.41 bits per heavy atom. The van der Waals surface area contributed by atoms with Crippen molar-refractivity contribution in [3.8, 4) is 0 Å². The van der Waals surface area contributed by atoms with E-state index in [0.717, 1.165) is 12.5 Å². The molecule has 1 aromatic heterocycles. The number of hydrogen-bond acceptors (Lipinski definition) is 3. The minimum absolute atomic E-state index is 0.138. The second-order valence-corrected chi connectivity index (χ2v) is 4.58. The molecule has 0 aromatic carbocycles. The Morgan fingerprint density at radius 2 is 2.12 bits per heavy atom. The van der Waals surface area contributed by atoms with E-state index in [-0.39, 0.29) is 6.61 Å². The van der Waals surface area contributed by atoms with Gasteiger partial charge >= 0.3 is 0 Å². The van der Waals surface area contributed by atoms with E-state index in [2.05, 4.69) is 31.2 Å². The van der Waals surface area contributed by atoms with Crippen molar-refractivity contribution in [2.75, 3.05) is 6.61 Å². The molecule has 1 rings (SSSR count). The van der Waals surface area contributed by atoms with E-state index < -0.39 is 0 Å². The summed E-state index contributed by atoms with van der Waals surface area (Å²) >= 11 is 0. The lowest BCUT2D eigenvalue weighted by molar-refractivity contribution is 0.269. The zero-order valence-electron chi connectivity index (χ0n) is 11.2. The van der Waals surface area contributed by atoms with Gasteiger partial charge in [-0.2, -0.15) is 5.10 Å². The van der Waals surface area contributed by atoms with Crippen LogP contribution < -0.4 is 5.32 Å². The summed E-state index contributed by atoms with van der Waals surface area (Å²) in [6, 6.07) is 0.534. The highest BCUT2D eigenvalue weighted by molar-refractivity contribution is 5.03. The fourth-order valence-corrected chi connectivity index (χ4v) is 2.16. The molecule has 1 aromatic rings. The van der Waals surface area contributed by atoms with Gasteiger partial charge in [0.25, 0.3) is 0 Å². The molecule has 1 unspecified atom stereocenters. The monoisotopic (exact) mass is 239 g/mol. The molecule has 4 nitrogen and oxygen atoms in total. The molecule has 0 aliphatic heterocycles. The number of aliphatic hydroxyl groups excluding tert-OH is 1. The van der Waals surface area contributed by atoms with E-state index >= 15 is 0 Å². The highest BCUT2D eigenvalue weighted by Crippen LogP contribution is 2.13. The lowest BCUT2D eigenvalue weighted by Gasteiger charge is -2.22. The number of hydrogen-bond donors (Lipinski definition) is 2. The highest BCUT2D eigenvalue weighted by Gasteiger charge is 2.12. The zero-order valence-corrected chi connectivity index (χ0v) is 11.2. The molecule has 2 N–H and O–H groups in total. The molecule has 17 heavy (non-hydrogen) atoms. The molecule has 0 saturated carbocycles. The van der Waals surface area contributed by atoms with Gasteiger partial charge in [-0.1, -0.05) is 26.7 Å². The molecule has 4 heteroatoms.